The van der Waals surface area contributed by atoms with Gasteiger partial charge < -0.3 is 4.74 Å². The van der Waals surface area contributed by atoms with Gasteiger partial charge in [-0.15, -0.1) is 0 Å². The molecule has 0 fully saturated rings. The number of benzene rings is 1. The number of imidazole rings is 1. The molecule has 0 saturated carbocycles. The molecule has 0 bridgehead atoms. The fourth-order valence-corrected chi connectivity index (χ4v) is 2.21. The molecule has 0 amide bonds. The smallest absolute Gasteiger partial charge is 0.155 e. The van der Waals surface area contributed by atoms with Crippen LogP contribution in [0.1, 0.15) is 11.3 Å². The van der Waals surface area contributed by atoms with Gasteiger partial charge in [0.2, 0.25) is 0 Å². The van der Waals surface area contributed by atoms with Gasteiger partial charge in [-0.05, 0) is 36.8 Å². The molecule has 0 aliphatic carbocycles. The summed E-state index contributed by atoms with van der Waals surface area (Å²) in [6.07, 6.45) is 3.72. The van der Waals surface area contributed by atoms with Gasteiger partial charge in [0.05, 0.1) is 16.9 Å². The number of pyridine rings is 1. The maximum Gasteiger partial charge on any atom is 0.155 e. The van der Waals surface area contributed by atoms with Gasteiger partial charge in [0.15, 0.2) is 5.65 Å². The quantitative estimate of drug-likeness (QED) is 0.723. The van der Waals surface area contributed by atoms with Crippen molar-refractivity contribution in [1.29, 1.82) is 0 Å². The second-order valence-corrected chi connectivity index (χ2v) is 4.81. The summed E-state index contributed by atoms with van der Waals surface area (Å²) < 4.78 is 7.72. The van der Waals surface area contributed by atoms with Gasteiger partial charge in [-0.3, -0.25) is 4.40 Å². The lowest BCUT2D eigenvalue weighted by Crippen LogP contribution is -1.99. The van der Waals surface area contributed by atoms with Crippen molar-refractivity contribution >= 4 is 17.2 Å². The Kier molecular flexibility index (Phi) is 3.13. The van der Waals surface area contributed by atoms with E-state index < -0.39 is 0 Å². The first-order valence-electron chi connectivity index (χ1n) is 6.04. The van der Waals surface area contributed by atoms with Crippen molar-refractivity contribution in [2.45, 2.75) is 13.5 Å². The van der Waals surface area contributed by atoms with E-state index in [9.17, 15) is 0 Å². The number of aryl methyl sites for hydroxylation is 1. The molecule has 1 aromatic carbocycles. The van der Waals surface area contributed by atoms with Crippen LogP contribution in [0.15, 0.2) is 48.8 Å². The standard InChI is InChI=1S/C15H13ClN2O/c1-11-4-2-5-13(8-11)19-10-12-9-17-15-14(16)6-3-7-18(12)15/h2-9H,10H2,1H3. The second kappa shape index (κ2) is 4.94. The third-order valence-corrected chi connectivity index (χ3v) is 3.24. The average Bonchev–Trinajstić information content (AvgIpc) is 2.81. The van der Waals surface area contributed by atoms with Crippen LogP contribution in [0.25, 0.3) is 5.65 Å². The van der Waals surface area contributed by atoms with Gasteiger partial charge in [0.1, 0.15) is 12.4 Å². The molecule has 19 heavy (non-hydrogen) atoms. The summed E-state index contributed by atoms with van der Waals surface area (Å²) in [5.41, 5.74) is 2.91. The summed E-state index contributed by atoms with van der Waals surface area (Å²) in [6, 6.07) is 11.7. The van der Waals surface area contributed by atoms with E-state index in [-0.39, 0.29) is 0 Å². The number of halogens is 1. The first kappa shape index (κ1) is 12.1. The molecule has 96 valence electrons. The molecule has 0 N–H and O–H groups in total. The molecular weight excluding hydrogens is 260 g/mol. The zero-order chi connectivity index (χ0) is 13.2. The molecule has 2 heterocycles. The van der Waals surface area contributed by atoms with Crippen molar-refractivity contribution in [3.05, 3.63) is 65.1 Å². The van der Waals surface area contributed by atoms with Crippen LogP contribution in [0.3, 0.4) is 0 Å². The number of rotatable bonds is 3. The highest BCUT2D eigenvalue weighted by atomic mass is 35.5. The van der Waals surface area contributed by atoms with Crippen molar-refractivity contribution in [3.8, 4) is 5.75 Å². The van der Waals surface area contributed by atoms with Gasteiger partial charge in [0.25, 0.3) is 0 Å². The molecule has 0 unspecified atom stereocenters. The molecule has 0 spiro atoms. The van der Waals surface area contributed by atoms with E-state index in [2.05, 4.69) is 4.98 Å². The minimum atomic E-state index is 0.463. The molecule has 3 nitrogen and oxygen atoms in total. The number of nitrogens with zero attached hydrogens (tertiary/aromatic N) is 2. The molecule has 2 aromatic heterocycles. The molecule has 0 atom stereocenters. The van der Waals surface area contributed by atoms with Crippen molar-refractivity contribution in [2.24, 2.45) is 0 Å². The van der Waals surface area contributed by atoms with Crippen molar-refractivity contribution in [2.75, 3.05) is 0 Å². The van der Waals surface area contributed by atoms with E-state index in [0.29, 0.717) is 11.6 Å². The fraction of sp³-hybridized carbons (Fsp3) is 0.133. The first-order chi connectivity index (χ1) is 9.24. The van der Waals surface area contributed by atoms with E-state index in [0.717, 1.165) is 17.1 Å². The summed E-state index contributed by atoms with van der Waals surface area (Å²) in [5, 5.41) is 0.643. The topological polar surface area (TPSA) is 26.5 Å². The first-order valence-corrected chi connectivity index (χ1v) is 6.42. The zero-order valence-electron chi connectivity index (χ0n) is 10.5. The van der Waals surface area contributed by atoms with E-state index >= 15 is 0 Å². The third-order valence-electron chi connectivity index (χ3n) is 2.94. The lowest BCUT2D eigenvalue weighted by molar-refractivity contribution is 0.300. The molecular formula is C15H13ClN2O. The van der Waals surface area contributed by atoms with Gasteiger partial charge in [-0.25, -0.2) is 4.98 Å². The van der Waals surface area contributed by atoms with Crippen LogP contribution in [0.4, 0.5) is 0 Å². The minimum absolute atomic E-state index is 0.463. The van der Waals surface area contributed by atoms with Crippen LogP contribution in [-0.4, -0.2) is 9.38 Å². The fourth-order valence-electron chi connectivity index (χ4n) is 2.00. The Morgan fingerprint density at radius 3 is 3.00 bits per heavy atom. The highest BCUT2D eigenvalue weighted by Crippen LogP contribution is 2.19. The number of fused-ring (bicyclic) bond motifs is 1. The van der Waals surface area contributed by atoms with Crippen LogP contribution >= 0.6 is 11.6 Å². The van der Waals surface area contributed by atoms with Gasteiger partial charge in [0, 0.05) is 6.20 Å². The Hall–Kier alpha value is -2.00. The highest BCUT2D eigenvalue weighted by molar-refractivity contribution is 6.33. The van der Waals surface area contributed by atoms with Crippen molar-refractivity contribution in [3.63, 3.8) is 0 Å². The largest absolute Gasteiger partial charge is 0.487 e. The normalized spacial score (nSPS) is 10.8. The zero-order valence-corrected chi connectivity index (χ0v) is 11.3. The number of hydrogen-bond acceptors (Lipinski definition) is 2. The van der Waals surface area contributed by atoms with E-state index in [1.165, 1.54) is 5.56 Å². The van der Waals surface area contributed by atoms with Gasteiger partial charge >= 0.3 is 0 Å². The Labute approximate surface area is 116 Å². The third kappa shape index (κ3) is 2.42. The predicted molar refractivity (Wildman–Crippen MR) is 75.7 cm³/mol. The van der Waals surface area contributed by atoms with Crippen LogP contribution in [0.2, 0.25) is 5.02 Å². The van der Waals surface area contributed by atoms with Crippen LogP contribution < -0.4 is 4.74 Å². The number of aromatic nitrogens is 2. The Morgan fingerprint density at radius 1 is 1.26 bits per heavy atom. The van der Waals surface area contributed by atoms with E-state index in [1.807, 2.05) is 53.9 Å². The van der Waals surface area contributed by atoms with Gasteiger partial charge in [-0.1, -0.05) is 23.7 Å². The molecule has 3 rings (SSSR count). The maximum absolute atomic E-state index is 6.08. The van der Waals surface area contributed by atoms with E-state index in [4.69, 9.17) is 16.3 Å². The SMILES string of the molecule is Cc1cccc(OCc2cnc3c(Cl)cccn23)c1. The molecule has 0 aliphatic rings. The lowest BCUT2D eigenvalue weighted by atomic mass is 10.2. The molecule has 0 aliphatic heterocycles. The second-order valence-electron chi connectivity index (χ2n) is 4.40. The number of ether oxygens (including phenoxy) is 1. The van der Waals surface area contributed by atoms with Crippen molar-refractivity contribution in [1.82, 2.24) is 9.38 Å². The summed E-state index contributed by atoms with van der Waals surface area (Å²) >= 11 is 6.08. The summed E-state index contributed by atoms with van der Waals surface area (Å²) in [6.45, 7) is 2.51. The minimum Gasteiger partial charge on any atom is -0.487 e. The molecule has 3 aromatic rings. The average molecular weight is 273 g/mol. The monoisotopic (exact) mass is 272 g/mol. The summed E-state index contributed by atoms with van der Waals surface area (Å²) in [5.74, 6) is 0.858. The maximum atomic E-state index is 6.08. The van der Waals surface area contributed by atoms with Gasteiger partial charge in [-0.2, -0.15) is 0 Å². The molecule has 0 radical (unpaired) electrons. The van der Waals surface area contributed by atoms with Crippen LogP contribution in [-0.2, 0) is 6.61 Å². The van der Waals surface area contributed by atoms with Crippen LogP contribution in [0, 0.1) is 6.92 Å². The summed E-state index contributed by atoms with van der Waals surface area (Å²) in [4.78, 5) is 4.30. The molecule has 4 heteroatoms. The highest BCUT2D eigenvalue weighted by Gasteiger charge is 2.06. The molecule has 0 saturated heterocycles. The Bertz CT molecular complexity index is 721. The number of hydrogen-bond donors (Lipinski definition) is 0. The predicted octanol–water partition coefficient (Wildman–Crippen LogP) is 3.88. The van der Waals surface area contributed by atoms with Crippen molar-refractivity contribution < 1.29 is 4.74 Å². The Balaban J connectivity index is 1.84. The summed E-state index contributed by atoms with van der Waals surface area (Å²) in [7, 11) is 0. The van der Waals surface area contributed by atoms with Crippen LogP contribution in [0.5, 0.6) is 5.75 Å². The lowest BCUT2D eigenvalue weighted by Gasteiger charge is -2.06. The Morgan fingerprint density at radius 2 is 2.16 bits per heavy atom. The van der Waals surface area contributed by atoms with E-state index in [1.54, 1.807) is 6.20 Å².